The van der Waals surface area contributed by atoms with Gasteiger partial charge in [0.15, 0.2) is 11.5 Å². The average molecular weight is 376 g/mol. The Labute approximate surface area is 165 Å². The van der Waals surface area contributed by atoms with E-state index in [4.69, 9.17) is 9.47 Å². The third-order valence-electron chi connectivity index (χ3n) is 5.25. The summed E-state index contributed by atoms with van der Waals surface area (Å²) in [5.74, 6) is 1.49. The molecule has 1 aliphatic heterocycles. The molecule has 2 aromatic carbocycles. The zero-order chi connectivity index (χ0) is 19.5. The van der Waals surface area contributed by atoms with Crippen molar-refractivity contribution in [2.24, 2.45) is 0 Å². The molecular weight excluding hydrogens is 352 g/mol. The first-order valence-corrected chi connectivity index (χ1v) is 9.41. The highest BCUT2D eigenvalue weighted by molar-refractivity contribution is 5.93. The van der Waals surface area contributed by atoms with Crippen molar-refractivity contribution >= 4 is 5.91 Å². The molecule has 0 fully saturated rings. The van der Waals surface area contributed by atoms with Crippen LogP contribution in [0.25, 0.3) is 0 Å². The maximum atomic E-state index is 13.2. The number of ether oxygens (including phenoxy) is 2. The summed E-state index contributed by atoms with van der Waals surface area (Å²) in [7, 11) is 3.27. The number of amides is 1. The topological polar surface area (TPSA) is 43.7 Å². The van der Waals surface area contributed by atoms with E-state index >= 15 is 0 Å². The molecule has 1 aliphatic rings. The number of benzene rings is 2. The van der Waals surface area contributed by atoms with Crippen molar-refractivity contribution in [1.82, 2.24) is 9.47 Å². The standard InChI is InChI=1S/C23H24N2O3/c1-27-21-13-18-10-12-25(16-19(18)14-22(21)28-2)23(26)20-9-6-11-24(20)15-17-7-4-3-5-8-17/h3-9,11,13-14H,10,12,15-16H2,1-2H3. The number of carbonyl (C=O) groups is 1. The van der Waals surface area contributed by atoms with E-state index < -0.39 is 0 Å². The summed E-state index contributed by atoms with van der Waals surface area (Å²) in [5, 5.41) is 0. The summed E-state index contributed by atoms with van der Waals surface area (Å²) < 4.78 is 12.8. The second-order valence-corrected chi connectivity index (χ2v) is 6.96. The van der Waals surface area contributed by atoms with E-state index in [1.807, 2.05) is 58.1 Å². The van der Waals surface area contributed by atoms with Crippen LogP contribution < -0.4 is 9.47 Å². The summed E-state index contributed by atoms with van der Waals surface area (Å²) in [4.78, 5) is 15.1. The van der Waals surface area contributed by atoms with Gasteiger partial charge in [-0.25, -0.2) is 0 Å². The fourth-order valence-electron chi connectivity index (χ4n) is 3.74. The van der Waals surface area contributed by atoms with Crippen molar-refractivity contribution in [3.8, 4) is 11.5 Å². The molecule has 0 unspecified atom stereocenters. The van der Waals surface area contributed by atoms with E-state index in [1.165, 1.54) is 11.1 Å². The van der Waals surface area contributed by atoms with E-state index in [0.29, 0.717) is 31.1 Å². The molecule has 144 valence electrons. The minimum absolute atomic E-state index is 0.0568. The molecule has 0 N–H and O–H groups in total. The van der Waals surface area contributed by atoms with Crippen LogP contribution in [0.3, 0.4) is 0 Å². The lowest BCUT2D eigenvalue weighted by atomic mass is 9.98. The van der Waals surface area contributed by atoms with Gasteiger partial charge in [0, 0.05) is 25.8 Å². The van der Waals surface area contributed by atoms with Crippen molar-refractivity contribution in [2.75, 3.05) is 20.8 Å². The highest BCUT2D eigenvalue weighted by Gasteiger charge is 2.25. The normalized spacial score (nSPS) is 13.1. The lowest BCUT2D eigenvalue weighted by Gasteiger charge is -2.30. The van der Waals surface area contributed by atoms with Crippen molar-refractivity contribution in [2.45, 2.75) is 19.5 Å². The zero-order valence-corrected chi connectivity index (χ0v) is 16.2. The van der Waals surface area contributed by atoms with Crippen LogP contribution in [0.2, 0.25) is 0 Å². The molecule has 0 spiro atoms. The first-order chi connectivity index (χ1) is 13.7. The Hall–Kier alpha value is -3.21. The van der Waals surface area contributed by atoms with E-state index in [0.717, 1.165) is 17.7 Å². The van der Waals surface area contributed by atoms with Crippen molar-refractivity contribution < 1.29 is 14.3 Å². The van der Waals surface area contributed by atoms with Crippen LogP contribution in [0.15, 0.2) is 60.8 Å². The molecule has 0 saturated carbocycles. The lowest BCUT2D eigenvalue weighted by Crippen LogP contribution is -2.37. The van der Waals surface area contributed by atoms with Gasteiger partial charge < -0.3 is 18.9 Å². The molecule has 28 heavy (non-hydrogen) atoms. The van der Waals surface area contributed by atoms with Crippen LogP contribution in [0.4, 0.5) is 0 Å². The predicted octanol–water partition coefficient (Wildman–Crippen LogP) is 3.75. The molecule has 4 rings (SSSR count). The number of nitrogens with zero attached hydrogens (tertiary/aromatic N) is 2. The van der Waals surface area contributed by atoms with Gasteiger partial charge in [-0.1, -0.05) is 30.3 Å². The van der Waals surface area contributed by atoms with E-state index in [1.54, 1.807) is 14.2 Å². The Balaban J connectivity index is 1.55. The minimum atomic E-state index is 0.0568. The molecule has 0 aliphatic carbocycles. The second-order valence-electron chi connectivity index (χ2n) is 6.96. The summed E-state index contributed by atoms with van der Waals surface area (Å²) in [6.07, 6.45) is 2.77. The summed E-state index contributed by atoms with van der Waals surface area (Å²) in [6.45, 7) is 1.95. The van der Waals surface area contributed by atoms with Gasteiger partial charge in [0.05, 0.1) is 14.2 Å². The third kappa shape index (κ3) is 3.48. The smallest absolute Gasteiger partial charge is 0.270 e. The Bertz CT molecular complexity index is 979. The van der Waals surface area contributed by atoms with E-state index in [2.05, 4.69) is 12.1 Å². The number of hydrogen-bond acceptors (Lipinski definition) is 3. The van der Waals surface area contributed by atoms with Gasteiger partial charge in [-0.15, -0.1) is 0 Å². The van der Waals surface area contributed by atoms with Gasteiger partial charge in [0.1, 0.15) is 5.69 Å². The quantitative estimate of drug-likeness (QED) is 0.681. The number of fused-ring (bicyclic) bond motifs is 1. The SMILES string of the molecule is COc1cc2c(cc1OC)CN(C(=O)c1cccn1Cc1ccccc1)CC2. The van der Waals surface area contributed by atoms with Gasteiger partial charge >= 0.3 is 0 Å². The van der Waals surface area contributed by atoms with Crippen LogP contribution in [0, 0.1) is 0 Å². The van der Waals surface area contributed by atoms with Crippen LogP contribution >= 0.6 is 0 Å². The van der Waals surface area contributed by atoms with Crippen molar-refractivity contribution in [3.05, 3.63) is 83.2 Å². The number of aromatic nitrogens is 1. The Kier molecular flexibility index (Phi) is 5.06. The maximum Gasteiger partial charge on any atom is 0.270 e. The molecule has 2 heterocycles. The lowest BCUT2D eigenvalue weighted by molar-refractivity contribution is 0.0724. The fourth-order valence-corrected chi connectivity index (χ4v) is 3.74. The molecule has 0 atom stereocenters. The average Bonchev–Trinajstić information content (AvgIpc) is 3.20. The highest BCUT2D eigenvalue weighted by atomic mass is 16.5. The fraction of sp³-hybridized carbons (Fsp3) is 0.261. The number of rotatable bonds is 5. The highest BCUT2D eigenvalue weighted by Crippen LogP contribution is 2.33. The molecule has 3 aromatic rings. The van der Waals surface area contributed by atoms with Gasteiger partial charge in [-0.2, -0.15) is 0 Å². The van der Waals surface area contributed by atoms with Crippen LogP contribution in [-0.4, -0.2) is 36.1 Å². The van der Waals surface area contributed by atoms with Crippen LogP contribution in [-0.2, 0) is 19.5 Å². The molecule has 5 heteroatoms. The number of carbonyl (C=O) groups excluding carboxylic acids is 1. The summed E-state index contributed by atoms with van der Waals surface area (Å²) >= 11 is 0. The second kappa shape index (κ2) is 7.80. The number of hydrogen-bond donors (Lipinski definition) is 0. The van der Waals surface area contributed by atoms with E-state index in [-0.39, 0.29) is 5.91 Å². The summed E-state index contributed by atoms with van der Waals surface area (Å²) in [5.41, 5.74) is 4.21. The Morgan fingerprint density at radius 1 is 0.964 bits per heavy atom. The van der Waals surface area contributed by atoms with Crippen molar-refractivity contribution in [1.29, 1.82) is 0 Å². The van der Waals surface area contributed by atoms with Gasteiger partial charge in [-0.05, 0) is 47.4 Å². The monoisotopic (exact) mass is 376 g/mol. The third-order valence-corrected chi connectivity index (χ3v) is 5.25. The Morgan fingerprint density at radius 3 is 2.39 bits per heavy atom. The zero-order valence-electron chi connectivity index (χ0n) is 16.2. The molecule has 0 bridgehead atoms. The Morgan fingerprint density at radius 2 is 1.68 bits per heavy atom. The predicted molar refractivity (Wildman–Crippen MR) is 108 cm³/mol. The minimum Gasteiger partial charge on any atom is -0.493 e. The van der Waals surface area contributed by atoms with Crippen LogP contribution in [0.5, 0.6) is 11.5 Å². The molecule has 1 aromatic heterocycles. The van der Waals surface area contributed by atoms with Gasteiger partial charge in [0.25, 0.3) is 5.91 Å². The molecule has 1 amide bonds. The molecule has 0 radical (unpaired) electrons. The van der Waals surface area contributed by atoms with E-state index in [9.17, 15) is 4.79 Å². The first-order valence-electron chi connectivity index (χ1n) is 9.41. The van der Waals surface area contributed by atoms with Gasteiger partial charge in [0.2, 0.25) is 0 Å². The van der Waals surface area contributed by atoms with Crippen molar-refractivity contribution in [3.63, 3.8) is 0 Å². The van der Waals surface area contributed by atoms with Gasteiger partial charge in [-0.3, -0.25) is 4.79 Å². The molecular formula is C23H24N2O3. The number of methoxy groups -OCH3 is 2. The molecule has 0 saturated heterocycles. The molecule has 5 nitrogen and oxygen atoms in total. The first kappa shape index (κ1) is 18.2. The summed E-state index contributed by atoms with van der Waals surface area (Å²) in [6, 6.07) is 18.0. The largest absolute Gasteiger partial charge is 0.493 e. The maximum absolute atomic E-state index is 13.2. The van der Waals surface area contributed by atoms with Crippen LogP contribution in [0.1, 0.15) is 27.2 Å².